The molecule has 0 aromatic carbocycles. The highest BCUT2D eigenvalue weighted by Crippen LogP contribution is 2.17. The van der Waals surface area contributed by atoms with Gasteiger partial charge in [0.2, 0.25) is 5.91 Å². The van der Waals surface area contributed by atoms with Crippen molar-refractivity contribution < 1.29 is 4.79 Å². The van der Waals surface area contributed by atoms with Gasteiger partial charge < -0.3 is 15.5 Å². The fraction of sp³-hybridized carbons (Fsp3) is 0.933. The molecule has 1 heterocycles. The van der Waals surface area contributed by atoms with E-state index in [-0.39, 0.29) is 11.9 Å². The molecule has 1 aliphatic rings. The van der Waals surface area contributed by atoms with Gasteiger partial charge in [-0.1, -0.05) is 27.2 Å². The van der Waals surface area contributed by atoms with Crippen molar-refractivity contribution in [2.45, 2.75) is 65.0 Å². The van der Waals surface area contributed by atoms with E-state index in [1.54, 1.807) is 0 Å². The highest BCUT2D eigenvalue weighted by Gasteiger charge is 2.25. The van der Waals surface area contributed by atoms with Crippen molar-refractivity contribution in [2.24, 2.45) is 5.73 Å². The third-order valence-electron chi connectivity index (χ3n) is 4.24. The predicted molar refractivity (Wildman–Crippen MR) is 80.0 cm³/mol. The largest absolute Gasteiger partial charge is 0.343 e. The van der Waals surface area contributed by atoms with Gasteiger partial charge in [0.05, 0.1) is 0 Å². The van der Waals surface area contributed by atoms with E-state index in [2.05, 4.69) is 25.7 Å². The van der Waals surface area contributed by atoms with Gasteiger partial charge in [-0.05, 0) is 32.4 Å². The van der Waals surface area contributed by atoms with E-state index in [0.717, 1.165) is 51.9 Å². The summed E-state index contributed by atoms with van der Waals surface area (Å²) in [6.07, 6.45) is 4.73. The summed E-state index contributed by atoms with van der Waals surface area (Å²) in [4.78, 5) is 16.6. The molecule has 0 aromatic heterocycles. The van der Waals surface area contributed by atoms with Gasteiger partial charge in [-0.2, -0.15) is 0 Å². The Hall–Kier alpha value is -0.610. The summed E-state index contributed by atoms with van der Waals surface area (Å²) in [7, 11) is 0. The van der Waals surface area contributed by atoms with Crippen LogP contribution in [0.15, 0.2) is 0 Å². The number of carbonyl (C=O) groups excluding carboxylic acids is 1. The molecule has 0 bridgehead atoms. The third kappa shape index (κ3) is 5.11. The van der Waals surface area contributed by atoms with E-state index in [4.69, 9.17) is 5.73 Å². The first kappa shape index (κ1) is 16.4. The average molecular weight is 269 g/mol. The summed E-state index contributed by atoms with van der Waals surface area (Å²) >= 11 is 0. The number of hydrogen-bond acceptors (Lipinski definition) is 3. The van der Waals surface area contributed by atoms with Crippen LogP contribution < -0.4 is 5.73 Å². The number of amides is 1. The minimum absolute atomic E-state index is 0.0398. The molecule has 0 aromatic rings. The summed E-state index contributed by atoms with van der Waals surface area (Å²) in [6, 6.07) is 0.696. The molecular formula is C15H31N3O. The molecule has 0 radical (unpaired) electrons. The zero-order valence-corrected chi connectivity index (χ0v) is 12.9. The van der Waals surface area contributed by atoms with E-state index in [1.807, 2.05) is 4.90 Å². The Morgan fingerprint density at radius 1 is 1.26 bits per heavy atom. The van der Waals surface area contributed by atoms with Crippen LogP contribution in [0.5, 0.6) is 0 Å². The minimum Gasteiger partial charge on any atom is -0.343 e. The fourth-order valence-corrected chi connectivity index (χ4v) is 3.05. The van der Waals surface area contributed by atoms with E-state index in [0.29, 0.717) is 12.5 Å². The summed E-state index contributed by atoms with van der Waals surface area (Å²) in [5.74, 6) is 0.249. The molecule has 0 spiro atoms. The molecular weight excluding hydrogens is 238 g/mol. The minimum atomic E-state index is 0.0398. The predicted octanol–water partition coefficient (Wildman–Crippen LogP) is 1.84. The molecule has 1 unspecified atom stereocenters. The monoisotopic (exact) mass is 269 g/mol. The Labute approximate surface area is 118 Å². The van der Waals surface area contributed by atoms with E-state index >= 15 is 0 Å². The molecule has 1 atom stereocenters. The lowest BCUT2D eigenvalue weighted by Crippen LogP contribution is -2.47. The van der Waals surface area contributed by atoms with Crippen LogP contribution in [0.2, 0.25) is 0 Å². The van der Waals surface area contributed by atoms with Crippen LogP contribution >= 0.6 is 0 Å². The van der Waals surface area contributed by atoms with Crippen molar-refractivity contribution in [1.82, 2.24) is 9.80 Å². The normalized spacial score (nSPS) is 18.9. The van der Waals surface area contributed by atoms with Gasteiger partial charge >= 0.3 is 0 Å². The lowest BCUT2D eigenvalue weighted by atomic mass is 10.0. The van der Waals surface area contributed by atoms with Gasteiger partial charge in [-0.3, -0.25) is 4.79 Å². The number of nitrogens with two attached hydrogens (primary N) is 1. The van der Waals surface area contributed by atoms with Crippen molar-refractivity contribution in [3.8, 4) is 0 Å². The maximum Gasteiger partial charge on any atom is 0.224 e. The average Bonchev–Trinajstić information content (AvgIpc) is 2.41. The Morgan fingerprint density at radius 3 is 2.32 bits per heavy atom. The number of likely N-dealkylation sites (tertiary alicyclic amines) is 1. The number of piperidine rings is 1. The zero-order chi connectivity index (χ0) is 14.3. The second kappa shape index (κ2) is 8.54. The fourth-order valence-electron chi connectivity index (χ4n) is 3.05. The second-order valence-corrected chi connectivity index (χ2v) is 5.59. The van der Waals surface area contributed by atoms with E-state index < -0.39 is 0 Å². The van der Waals surface area contributed by atoms with Crippen molar-refractivity contribution in [3.63, 3.8) is 0 Å². The second-order valence-electron chi connectivity index (χ2n) is 5.59. The van der Waals surface area contributed by atoms with E-state index in [9.17, 15) is 4.79 Å². The van der Waals surface area contributed by atoms with Gasteiger partial charge in [0.15, 0.2) is 0 Å². The lowest BCUT2D eigenvalue weighted by molar-refractivity contribution is -0.133. The topological polar surface area (TPSA) is 49.6 Å². The van der Waals surface area contributed by atoms with Crippen LogP contribution in [-0.2, 0) is 4.79 Å². The van der Waals surface area contributed by atoms with Gasteiger partial charge in [-0.25, -0.2) is 0 Å². The molecule has 112 valence electrons. The molecule has 19 heavy (non-hydrogen) atoms. The van der Waals surface area contributed by atoms with Crippen molar-refractivity contribution in [2.75, 3.05) is 26.2 Å². The zero-order valence-electron chi connectivity index (χ0n) is 12.9. The third-order valence-corrected chi connectivity index (χ3v) is 4.24. The first-order valence-electron chi connectivity index (χ1n) is 7.89. The Balaban J connectivity index is 2.34. The summed E-state index contributed by atoms with van der Waals surface area (Å²) < 4.78 is 0. The highest BCUT2D eigenvalue weighted by atomic mass is 16.2. The smallest absolute Gasteiger partial charge is 0.224 e. The molecule has 4 nitrogen and oxygen atoms in total. The number of carbonyl (C=O) groups is 1. The maximum absolute atomic E-state index is 12.1. The maximum atomic E-state index is 12.1. The highest BCUT2D eigenvalue weighted by molar-refractivity contribution is 5.76. The van der Waals surface area contributed by atoms with Crippen LogP contribution in [0.25, 0.3) is 0 Å². The van der Waals surface area contributed by atoms with Gasteiger partial charge in [-0.15, -0.1) is 0 Å². The standard InChI is InChI=1S/C15H31N3O/c1-4-7-13(16)12-15(19)18-10-8-14(9-11-18)17(5-2)6-3/h13-14H,4-12,16H2,1-3H3. The van der Waals surface area contributed by atoms with Crippen molar-refractivity contribution in [3.05, 3.63) is 0 Å². The van der Waals surface area contributed by atoms with Gasteiger partial charge in [0.1, 0.15) is 0 Å². The molecule has 4 heteroatoms. The van der Waals surface area contributed by atoms with Crippen LogP contribution in [0.4, 0.5) is 0 Å². The molecule has 1 saturated heterocycles. The molecule has 0 saturated carbocycles. The van der Waals surface area contributed by atoms with Crippen LogP contribution in [0.1, 0.15) is 52.9 Å². The number of rotatable bonds is 7. The quantitative estimate of drug-likeness (QED) is 0.767. The van der Waals surface area contributed by atoms with Crippen LogP contribution in [0, 0.1) is 0 Å². The molecule has 1 aliphatic heterocycles. The van der Waals surface area contributed by atoms with Crippen molar-refractivity contribution in [1.29, 1.82) is 0 Å². The van der Waals surface area contributed by atoms with Gasteiger partial charge in [0.25, 0.3) is 0 Å². The lowest BCUT2D eigenvalue weighted by Gasteiger charge is -2.38. The summed E-state index contributed by atoms with van der Waals surface area (Å²) in [6.45, 7) is 10.6. The summed E-state index contributed by atoms with van der Waals surface area (Å²) in [5, 5.41) is 0. The van der Waals surface area contributed by atoms with Crippen molar-refractivity contribution >= 4 is 5.91 Å². The first-order chi connectivity index (χ1) is 9.12. The van der Waals surface area contributed by atoms with Crippen LogP contribution in [-0.4, -0.2) is 54.0 Å². The SMILES string of the molecule is CCCC(N)CC(=O)N1CCC(N(CC)CC)CC1. The Morgan fingerprint density at radius 2 is 1.84 bits per heavy atom. The van der Waals surface area contributed by atoms with Crippen LogP contribution in [0.3, 0.4) is 0 Å². The number of hydrogen-bond donors (Lipinski definition) is 1. The Bertz CT molecular complexity index is 258. The summed E-state index contributed by atoms with van der Waals surface area (Å²) in [5.41, 5.74) is 5.95. The Kier molecular flexibility index (Phi) is 7.39. The number of nitrogens with zero attached hydrogens (tertiary/aromatic N) is 2. The molecule has 2 N–H and O–H groups in total. The molecule has 0 aliphatic carbocycles. The van der Waals surface area contributed by atoms with Gasteiger partial charge in [0, 0.05) is 31.6 Å². The molecule has 1 fully saturated rings. The molecule has 1 rings (SSSR count). The molecule has 1 amide bonds. The van der Waals surface area contributed by atoms with E-state index in [1.165, 1.54) is 0 Å². The first-order valence-corrected chi connectivity index (χ1v) is 7.89.